The molecule has 0 aromatic carbocycles. The fourth-order valence-electron chi connectivity index (χ4n) is 2.34. The summed E-state index contributed by atoms with van der Waals surface area (Å²) in [6, 6.07) is 0. The van der Waals surface area contributed by atoms with Crippen LogP contribution in [-0.4, -0.2) is 26.1 Å². The Balaban J connectivity index is 3.50. The van der Waals surface area contributed by atoms with Crippen LogP contribution in [0.4, 0.5) is 4.39 Å². The Morgan fingerprint density at radius 1 is 1.42 bits per heavy atom. The lowest BCUT2D eigenvalue weighted by Crippen LogP contribution is -2.41. The summed E-state index contributed by atoms with van der Waals surface area (Å²) in [6.07, 6.45) is -1.46. The van der Waals surface area contributed by atoms with Crippen molar-refractivity contribution in [2.24, 2.45) is 0 Å². The summed E-state index contributed by atoms with van der Waals surface area (Å²) in [5.74, 6) is -0.653. The van der Waals surface area contributed by atoms with E-state index in [2.05, 4.69) is 4.72 Å². The molecule has 0 aliphatic carbocycles. The summed E-state index contributed by atoms with van der Waals surface area (Å²) in [5.41, 5.74) is -0.481. The number of hydrogen-bond acceptors (Lipinski definition) is 5. The number of sulfonamides is 1. The normalized spacial score (nSPS) is 15.1. The number of carbonyl (C=O) groups is 1. The van der Waals surface area contributed by atoms with E-state index in [1.807, 2.05) is 6.92 Å². The van der Waals surface area contributed by atoms with Crippen LogP contribution < -0.4 is 4.72 Å². The molecule has 138 valence electrons. The molecule has 1 aromatic heterocycles. The van der Waals surface area contributed by atoms with Crippen LogP contribution in [0.25, 0.3) is 0 Å². The van der Waals surface area contributed by atoms with Crippen molar-refractivity contribution in [2.45, 2.75) is 77.1 Å². The topological polar surface area (TPSA) is 72.5 Å². The summed E-state index contributed by atoms with van der Waals surface area (Å²) in [5, 5.41) is 1.58. The van der Waals surface area contributed by atoms with Crippen molar-refractivity contribution in [1.29, 1.82) is 0 Å². The quantitative estimate of drug-likeness (QED) is 0.733. The van der Waals surface area contributed by atoms with Crippen LogP contribution >= 0.6 is 11.3 Å². The fourth-order valence-corrected chi connectivity index (χ4v) is 5.75. The Kier molecular flexibility index (Phi) is 6.95. The number of halogens is 1. The standard InChI is InChI=1S/C16H26FNO4S2/c1-7-8-13-15(24(20,21)18-16(4,5)6)12(9-23-13)14(10(2)17)22-11(3)19/h9-10,14,18H,7-8H2,1-6H3. The van der Waals surface area contributed by atoms with Crippen LogP contribution in [0.1, 0.15) is 64.5 Å². The molecule has 0 saturated carbocycles. The fraction of sp³-hybridized carbons (Fsp3) is 0.688. The number of aryl methyl sites for hydroxylation is 1. The second-order valence-electron chi connectivity index (χ2n) is 6.76. The minimum Gasteiger partial charge on any atom is -0.454 e. The predicted octanol–water partition coefficient (Wildman–Crippen LogP) is 3.74. The number of alkyl halides is 1. The molecule has 1 heterocycles. The Morgan fingerprint density at radius 3 is 2.42 bits per heavy atom. The third-order valence-electron chi connectivity index (χ3n) is 3.05. The lowest BCUT2D eigenvalue weighted by atomic mass is 10.1. The number of rotatable bonds is 7. The summed E-state index contributed by atoms with van der Waals surface area (Å²) >= 11 is 1.25. The van der Waals surface area contributed by atoms with Gasteiger partial charge in [0.15, 0.2) is 6.10 Å². The Labute approximate surface area is 147 Å². The number of hydrogen-bond donors (Lipinski definition) is 1. The van der Waals surface area contributed by atoms with Gasteiger partial charge in [-0.05, 0) is 39.5 Å². The average Bonchev–Trinajstić information content (AvgIpc) is 2.77. The van der Waals surface area contributed by atoms with Gasteiger partial charge in [0.05, 0.1) is 0 Å². The lowest BCUT2D eigenvalue weighted by molar-refractivity contribution is -0.150. The van der Waals surface area contributed by atoms with Crippen LogP contribution in [0.5, 0.6) is 0 Å². The van der Waals surface area contributed by atoms with Crippen molar-refractivity contribution in [3.05, 3.63) is 15.8 Å². The molecule has 2 unspecified atom stereocenters. The third kappa shape index (κ3) is 5.53. The van der Waals surface area contributed by atoms with Gasteiger partial charge in [0, 0.05) is 22.9 Å². The zero-order valence-corrected chi connectivity index (χ0v) is 16.6. The minimum absolute atomic E-state index is 0.0417. The van der Waals surface area contributed by atoms with Gasteiger partial charge < -0.3 is 4.74 Å². The molecule has 0 fully saturated rings. The number of esters is 1. The van der Waals surface area contributed by atoms with E-state index in [-0.39, 0.29) is 10.5 Å². The van der Waals surface area contributed by atoms with Crippen LogP contribution in [0.15, 0.2) is 10.3 Å². The largest absolute Gasteiger partial charge is 0.454 e. The molecule has 0 bridgehead atoms. The molecule has 0 saturated heterocycles. The number of thiophene rings is 1. The molecule has 5 nitrogen and oxygen atoms in total. The SMILES string of the molecule is CCCc1scc(C(OC(C)=O)C(C)F)c1S(=O)(=O)NC(C)(C)C. The molecular formula is C16H26FNO4S2. The molecular weight excluding hydrogens is 353 g/mol. The van der Waals surface area contributed by atoms with Gasteiger partial charge in [-0.15, -0.1) is 11.3 Å². The van der Waals surface area contributed by atoms with Gasteiger partial charge in [0.2, 0.25) is 10.0 Å². The first-order valence-corrected chi connectivity index (χ1v) is 10.2. The molecule has 8 heteroatoms. The van der Waals surface area contributed by atoms with Gasteiger partial charge >= 0.3 is 5.97 Å². The van der Waals surface area contributed by atoms with Gasteiger partial charge in [-0.3, -0.25) is 4.79 Å². The van der Waals surface area contributed by atoms with Gasteiger partial charge in [-0.25, -0.2) is 17.5 Å². The molecule has 1 aromatic rings. The molecule has 0 amide bonds. The average molecular weight is 380 g/mol. The van der Waals surface area contributed by atoms with Crippen molar-refractivity contribution in [2.75, 3.05) is 0 Å². The lowest BCUT2D eigenvalue weighted by Gasteiger charge is -2.23. The number of carbonyl (C=O) groups excluding carboxylic acids is 1. The second kappa shape index (κ2) is 7.93. The first-order chi connectivity index (χ1) is 10.9. The minimum atomic E-state index is -3.87. The molecule has 0 spiro atoms. The maximum atomic E-state index is 14.0. The zero-order valence-electron chi connectivity index (χ0n) is 15.0. The van der Waals surface area contributed by atoms with E-state index in [1.165, 1.54) is 25.2 Å². The van der Waals surface area contributed by atoms with E-state index in [1.54, 1.807) is 26.2 Å². The van der Waals surface area contributed by atoms with Crippen molar-refractivity contribution >= 4 is 27.3 Å². The van der Waals surface area contributed by atoms with E-state index in [0.717, 1.165) is 6.42 Å². The van der Waals surface area contributed by atoms with Gasteiger partial charge in [0.25, 0.3) is 0 Å². The molecule has 2 atom stereocenters. The van der Waals surface area contributed by atoms with Crippen molar-refractivity contribution in [1.82, 2.24) is 4.72 Å². The molecule has 0 radical (unpaired) electrons. The summed E-state index contributed by atoms with van der Waals surface area (Å²) in [7, 11) is -3.87. The van der Waals surface area contributed by atoms with Crippen LogP contribution in [0.3, 0.4) is 0 Å². The highest BCUT2D eigenvalue weighted by Crippen LogP contribution is 2.37. The maximum absolute atomic E-state index is 14.0. The molecule has 0 aliphatic heterocycles. The van der Waals surface area contributed by atoms with Gasteiger partial charge in [0.1, 0.15) is 11.1 Å². The van der Waals surface area contributed by atoms with Crippen molar-refractivity contribution in [3.63, 3.8) is 0 Å². The number of ether oxygens (including phenoxy) is 1. The second-order valence-corrected chi connectivity index (χ2v) is 9.34. The van der Waals surface area contributed by atoms with E-state index in [0.29, 0.717) is 11.3 Å². The highest BCUT2D eigenvalue weighted by molar-refractivity contribution is 7.89. The molecule has 24 heavy (non-hydrogen) atoms. The van der Waals surface area contributed by atoms with Gasteiger partial charge in [-0.2, -0.15) is 0 Å². The smallest absolute Gasteiger partial charge is 0.303 e. The summed E-state index contributed by atoms with van der Waals surface area (Å²) in [4.78, 5) is 12.0. The Morgan fingerprint density at radius 2 is 2.00 bits per heavy atom. The zero-order chi connectivity index (χ0) is 18.7. The van der Waals surface area contributed by atoms with Crippen LogP contribution in [0.2, 0.25) is 0 Å². The first kappa shape index (κ1) is 21.1. The summed E-state index contributed by atoms with van der Waals surface area (Å²) < 4.78 is 47.4. The Hall–Kier alpha value is -0.990. The van der Waals surface area contributed by atoms with E-state index >= 15 is 0 Å². The number of nitrogens with one attached hydrogen (secondary N) is 1. The summed E-state index contributed by atoms with van der Waals surface area (Å²) in [6.45, 7) is 9.56. The predicted molar refractivity (Wildman–Crippen MR) is 93.5 cm³/mol. The van der Waals surface area contributed by atoms with Crippen LogP contribution in [0, 0.1) is 0 Å². The van der Waals surface area contributed by atoms with Crippen LogP contribution in [-0.2, 0) is 26.0 Å². The van der Waals surface area contributed by atoms with E-state index in [9.17, 15) is 17.6 Å². The van der Waals surface area contributed by atoms with Crippen molar-refractivity contribution < 1.29 is 22.3 Å². The maximum Gasteiger partial charge on any atom is 0.303 e. The van der Waals surface area contributed by atoms with E-state index in [4.69, 9.17) is 4.74 Å². The highest BCUT2D eigenvalue weighted by atomic mass is 32.2. The molecule has 0 aliphatic rings. The van der Waals surface area contributed by atoms with E-state index < -0.39 is 33.8 Å². The third-order valence-corrected chi connectivity index (χ3v) is 6.14. The monoisotopic (exact) mass is 379 g/mol. The molecule has 1 N–H and O–H groups in total. The van der Waals surface area contributed by atoms with Gasteiger partial charge in [-0.1, -0.05) is 13.3 Å². The molecule has 1 rings (SSSR count). The highest BCUT2D eigenvalue weighted by Gasteiger charge is 2.34. The first-order valence-electron chi connectivity index (χ1n) is 7.84. The Bertz CT molecular complexity index is 675. The van der Waals surface area contributed by atoms with Crippen molar-refractivity contribution in [3.8, 4) is 0 Å².